The molecule has 0 saturated carbocycles. The Morgan fingerprint density at radius 1 is 1.07 bits per heavy atom. The third-order valence-corrected chi connectivity index (χ3v) is 4.14. The lowest BCUT2D eigenvalue weighted by Gasteiger charge is -2.06. The normalized spacial score (nSPS) is 10.7. The number of rotatable bonds is 6. The van der Waals surface area contributed by atoms with Crippen molar-refractivity contribution in [1.82, 2.24) is 4.98 Å². The van der Waals surface area contributed by atoms with Gasteiger partial charge in [0.25, 0.3) is 0 Å². The summed E-state index contributed by atoms with van der Waals surface area (Å²) in [6, 6.07) is 17.0. The van der Waals surface area contributed by atoms with Gasteiger partial charge in [-0.15, -0.1) is 5.11 Å². The maximum atomic E-state index is 13.0. The number of hydrogen-bond acceptors (Lipinski definition) is 4. The first-order valence-corrected chi connectivity index (χ1v) is 9.58. The number of nitrogens with zero attached hydrogens (tertiary/aromatic N) is 3. The second kappa shape index (κ2) is 10.1. The molecule has 0 spiro atoms. The lowest BCUT2D eigenvalue weighted by atomic mass is 10.0. The van der Waals surface area contributed by atoms with Crippen molar-refractivity contribution in [2.24, 2.45) is 16.3 Å². The van der Waals surface area contributed by atoms with Crippen LogP contribution in [0.2, 0.25) is 0 Å². The third-order valence-electron chi connectivity index (χ3n) is 4.14. The lowest BCUT2D eigenvalue weighted by molar-refractivity contribution is 0.627. The van der Waals surface area contributed by atoms with Gasteiger partial charge in [0.1, 0.15) is 5.82 Å². The van der Waals surface area contributed by atoms with Gasteiger partial charge in [0.15, 0.2) is 5.82 Å². The van der Waals surface area contributed by atoms with Crippen LogP contribution in [0, 0.1) is 29.0 Å². The molecular formula is C24H22FN5. The van der Waals surface area contributed by atoms with Crippen molar-refractivity contribution < 1.29 is 4.39 Å². The first-order valence-electron chi connectivity index (χ1n) is 9.58. The van der Waals surface area contributed by atoms with Crippen molar-refractivity contribution in [2.75, 3.05) is 5.43 Å². The van der Waals surface area contributed by atoms with Gasteiger partial charge in [0, 0.05) is 28.6 Å². The molecule has 0 radical (unpaired) electrons. The van der Waals surface area contributed by atoms with Gasteiger partial charge < -0.3 is 5.41 Å². The molecule has 0 fully saturated rings. The fourth-order valence-electron chi connectivity index (χ4n) is 2.64. The number of nitrogens with one attached hydrogen (secondary N) is 2. The topological polar surface area (TPSA) is 73.5 Å². The highest BCUT2D eigenvalue weighted by molar-refractivity contribution is 5.98. The summed E-state index contributed by atoms with van der Waals surface area (Å²) in [6.45, 7) is 4.16. The Bertz CT molecular complexity index is 1090. The molecule has 0 atom stereocenters. The van der Waals surface area contributed by atoms with Crippen LogP contribution in [-0.4, -0.2) is 10.7 Å². The highest BCUT2D eigenvalue weighted by atomic mass is 19.1. The van der Waals surface area contributed by atoms with Crippen LogP contribution in [0.15, 0.2) is 77.2 Å². The third kappa shape index (κ3) is 6.08. The molecule has 3 aromatic rings. The van der Waals surface area contributed by atoms with Crippen molar-refractivity contribution in [3.8, 4) is 11.8 Å². The summed E-state index contributed by atoms with van der Waals surface area (Å²) in [5.41, 5.74) is 6.40. The monoisotopic (exact) mass is 399 g/mol. The van der Waals surface area contributed by atoms with Gasteiger partial charge in [-0.3, -0.25) is 5.43 Å². The van der Waals surface area contributed by atoms with Gasteiger partial charge in [-0.05, 0) is 60.9 Å². The molecule has 0 bridgehead atoms. The number of para-hydroxylation sites is 1. The second-order valence-corrected chi connectivity index (χ2v) is 7.10. The van der Waals surface area contributed by atoms with E-state index >= 15 is 0 Å². The van der Waals surface area contributed by atoms with Crippen LogP contribution >= 0.6 is 0 Å². The summed E-state index contributed by atoms with van der Waals surface area (Å²) >= 11 is 0. The predicted molar refractivity (Wildman–Crippen MR) is 117 cm³/mol. The fraction of sp³-hybridized carbons (Fsp3) is 0.167. The number of hydrogen-bond donors (Lipinski definition) is 2. The van der Waals surface area contributed by atoms with E-state index in [1.54, 1.807) is 24.4 Å². The highest BCUT2D eigenvalue weighted by Crippen LogP contribution is 2.16. The van der Waals surface area contributed by atoms with E-state index in [2.05, 4.69) is 46.4 Å². The van der Waals surface area contributed by atoms with Gasteiger partial charge in [0.2, 0.25) is 0 Å². The van der Waals surface area contributed by atoms with Gasteiger partial charge in [-0.1, -0.05) is 43.0 Å². The van der Waals surface area contributed by atoms with Gasteiger partial charge in [-0.25, -0.2) is 9.37 Å². The zero-order valence-electron chi connectivity index (χ0n) is 16.9. The minimum Gasteiger partial charge on any atom is -0.305 e. The molecule has 1 aromatic heterocycles. The summed E-state index contributed by atoms with van der Waals surface area (Å²) in [6.07, 6.45) is 2.35. The van der Waals surface area contributed by atoms with E-state index in [0.29, 0.717) is 29.6 Å². The number of aromatic nitrogens is 1. The van der Waals surface area contributed by atoms with Crippen molar-refractivity contribution in [3.63, 3.8) is 0 Å². The van der Waals surface area contributed by atoms with E-state index in [1.165, 1.54) is 12.1 Å². The van der Waals surface area contributed by atoms with E-state index < -0.39 is 0 Å². The van der Waals surface area contributed by atoms with Crippen molar-refractivity contribution >= 4 is 17.2 Å². The molecule has 6 heteroatoms. The van der Waals surface area contributed by atoms with Crippen molar-refractivity contribution in [2.45, 2.75) is 20.3 Å². The molecule has 3 rings (SSSR count). The standard InChI is InChI=1S/C24H22FN5/c1-17(2)15-22(26)20-11-14-24(27-16-20)29-30-28-23-6-4-3-5-19(23)10-7-18-8-12-21(25)13-9-18/h3-6,8-9,11-14,16-17,26H,15H2,1-2H3,(H,27,28,29). The van der Waals surface area contributed by atoms with Gasteiger partial charge in [0.05, 0.1) is 5.69 Å². The zero-order chi connectivity index (χ0) is 21.3. The first-order chi connectivity index (χ1) is 14.5. The Morgan fingerprint density at radius 2 is 1.83 bits per heavy atom. The second-order valence-electron chi connectivity index (χ2n) is 7.10. The highest BCUT2D eigenvalue weighted by Gasteiger charge is 2.05. The van der Waals surface area contributed by atoms with E-state index in [9.17, 15) is 4.39 Å². The maximum absolute atomic E-state index is 13.0. The number of benzene rings is 2. The summed E-state index contributed by atoms with van der Waals surface area (Å²) in [7, 11) is 0. The molecule has 0 aliphatic heterocycles. The quantitative estimate of drug-likeness (QED) is 0.226. The average molecular weight is 399 g/mol. The van der Waals surface area contributed by atoms with Crippen LogP contribution in [0.4, 0.5) is 15.9 Å². The molecule has 2 N–H and O–H groups in total. The van der Waals surface area contributed by atoms with E-state index in [4.69, 9.17) is 5.41 Å². The molecule has 2 aromatic carbocycles. The number of anilines is 1. The van der Waals surface area contributed by atoms with Crippen LogP contribution in [0.1, 0.15) is 37.0 Å². The van der Waals surface area contributed by atoms with Crippen LogP contribution in [0.25, 0.3) is 0 Å². The van der Waals surface area contributed by atoms with Crippen LogP contribution in [0.3, 0.4) is 0 Å². The predicted octanol–water partition coefficient (Wildman–Crippen LogP) is 6.15. The minimum absolute atomic E-state index is 0.290. The van der Waals surface area contributed by atoms with Crippen molar-refractivity contribution in [3.05, 3.63) is 89.4 Å². The average Bonchev–Trinajstić information content (AvgIpc) is 2.74. The molecule has 30 heavy (non-hydrogen) atoms. The summed E-state index contributed by atoms with van der Waals surface area (Å²) in [4.78, 5) is 4.24. The van der Waals surface area contributed by atoms with Gasteiger partial charge in [-0.2, -0.15) is 0 Å². The van der Waals surface area contributed by atoms with Crippen LogP contribution < -0.4 is 5.43 Å². The number of halogens is 1. The molecular weight excluding hydrogens is 377 g/mol. The van der Waals surface area contributed by atoms with E-state index in [-0.39, 0.29) is 5.82 Å². The van der Waals surface area contributed by atoms with Crippen molar-refractivity contribution in [1.29, 1.82) is 5.41 Å². The zero-order valence-corrected chi connectivity index (χ0v) is 16.9. The molecule has 0 aliphatic carbocycles. The summed E-state index contributed by atoms with van der Waals surface area (Å²) in [5, 5.41) is 16.2. The molecule has 0 aliphatic rings. The molecule has 1 heterocycles. The Morgan fingerprint density at radius 3 is 2.53 bits per heavy atom. The minimum atomic E-state index is -0.290. The maximum Gasteiger partial charge on any atom is 0.176 e. The molecule has 0 saturated heterocycles. The van der Waals surface area contributed by atoms with E-state index in [1.807, 2.05) is 30.3 Å². The largest absolute Gasteiger partial charge is 0.305 e. The van der Waals surface area contributed by atoms with E-state index in [0.717, 1.165) is 16.7 Å². The van der Waals surface area contributed by atoms with Gasteiger partial charge >= 0.3 is 0 Å². The molecule has 0 unspecified atom stereocenters. The Balaban J connectivity index is 1.67. The summed E-state index contributed by atoms with van der Waals surface area (Å²) < 4.78 is 13.0. The molecule has 150 valence electrons. The Labute approximate surface area is 175 Å². The molecule has 5 nitrogen and oxygen atoms in total. The Kier molecular flexibility index (Phi) is 7.01. The lowest BCUT2D eigenvalue weighted by Crippen LogP contribution is -2.03. The SMILES string of the molecule is CC(C)CC(=N)c1ccc(N=NNc2ccccc2C#Cc2ccc(F)cc2)nc1. The number of pyridine rings is 1. The molecule has 0 amide bonds. The smallest absolute Gasteiger partial charge is 0.176 e. The Hall–Kier alpha value is -3.85. The fourth-order valence-corrected chi connectivity index (χ4v) is 2.64. The summed E-state index contributed by atoms with van der Waals surface area (Å²) in [5.74, 6) is 6.64. The van der Waals surface area contributed by atoms with Crippen LogP contribution in [0.5, 0.6) is 0 Å². The first kappa shape index (κ1) is 20.9. The van der Waals surface area contributed by atoms with Crippen LogP contribution in [-0.2, 0) is 0 Å².